The first-order valence-corrected chi connectivity index (χ1v) is 10.8. The largest absolute Gasteiger partial charge is 0.0830 e. The molecule has 1 aliphatic rings. The summed E-state index contributed by atoms with van der Waals surface area (Å²) in [4.78, 5) is 1.61. The summed E-state index contributed by atoms with van der Waals surface area (Å²) in [5, 5.41) is 0. The van der Waals surface area contributed by atoms with E-state index in [1.165, 1.54) is 0 Å². The number of alkyl halides is 6. The number of hydrogen-bond acceptors (Lipinski definition) is 0. The van der Waals surface area contributed by atoms with Crippen LogP contribution in [0.15, 0.2) is 36.5 Å². The number of hydrogen-bond donors (Lipinski definition) is 0. The van der Waals surface area contributed by atoms with Crippen LogP contribution in [0.5, 0.6) is 0 Å². The minimum absolute atomic E-state index is 0.269. The van der Waals surface area contributed by atoms with Crippen LogP contribution in [-0.4, -0.2) is 29.0 Å². The maximum Gasteiger partial charge on any atom is 0.0486 e. The SMILES string of the molecule is BrC1/C=C\C(Br)C(Br)/C=C/C(Br)C(Br)/C=C/C1Br. The summed E-state index contributed by atoms with van der Waals surface area (Å²) in [6.45, 7) is 0. The van der Waals surface area contributed by atoms with E-state index >= 15 is 0 Å². The number of allylic oxidation sites excluding steroid dienone is 6. The van der Waals surface area contributed by atoms with Gasteiger partial charge in [-0.3, -0.25) is 0 Å². The van der Waals surface area contributed by atoms with Crippen molar-refractivity contribution in [3.63, 3.8) is 0 Å². The standard InChI is InChI=1S/C12H12Br6/c13-7-1-2-8(14)10(16)5-6-12(18)11(17)4-3-9(7)15/h1-12H/b2-1-,4-3+,6-5+. The molecule has 0 bridgehead atoms. The zero-order valence-electron chi connectivity index (χ0n) is 9.20. The van der Waals surface area contributed by atoms with Crippen molar-refractivity contribution in [1.29, 1.82) is 0 Å². The smallest absolute Gasteiger partial charge is 0.0486 e. The lowest BCUT2D eigenvalue weighted by Gasteiger charge is -2.16. The monoisotopic (exact) mass is 630 g/mol. The second kappa shape index (κ2) is 9.19. The first-order chi connectivity index (χ1) is 8.41. The van der Waals surface area contributed by atoms with Gasteiger partial charge in [0, 0.05) is 29.0 Å². The van der Waals surface area contributed by atoms with Gasteiger partial charge in [0.05, 0.1) is 0 Å². The molecule has 0 saturated heterocycles. The van der Waals surface area contributed by atoms with Crippen LogP contribution in [0.3, 0.4) is 0 Å². The molecule has 1 rings (SSSR count). The van der Waals surface area contributed by atoms with Crippen LogP contribution in [0.25, 0.3) is 0 Å². The molecule has 18 heavy (non-hydrogen) atoms. The third-order valence-electron chi connectivity index (χ3n) is 2.35. The molecule has 0 nitrogen and oxygen atoms in total. The Morgan fingerprint density at radius 2 is 0.444 bits per heavy atom. The Kier molecular flexibility index (Phi) is 9.26. The Morgan fingerprint density at radius 3 is 0.556 bits per heavy atom. The minimum atomic E-state index is 0.269. The van der Waals surface area contributed by atoms with Crippen LogP contribution in [0.4, 0.5) is 0 Å². The molecule has 0 spiro atoms. The average Bonchev–Trinajstić information content (AvgIpc) is 2.36. The molecule has 6 atom stereocenters. The highest BCUT2D eigenvalue weighted by Gasteiger charge is 2.17. The summed E-state index contributed by atoms with van der Waals surface area (Å²) in [6.07, 6.45) is 12.9. The Balaban J connectivity index is 2.94. The molecule has 6 heteroatoms. The van der Waals surface area contributed by atoms with E-state index < -0.39 is 0 Å². The van der Waals surface area contributed by atoms with Crippen LogP contribution in [-0.2, 0) is 0 Å². The van der Waals surface area contributed by atoms with Gasteiger partial charge in [-0.15, -0.1) is 0 Å². The maximum absolute atomic E-state index is 3.66. The lowest BCUT2D eigenvalue weighted by atomic mass is 10.1. The Bertz CT molecular complexity index is 255. The van der Waals surface area contributed by atoms with Crippen molar-refractivity contribution < 1.29 is 0 Å². The van der Waals surface area contributed by atoms with Gasteiger partial charge in [-0.05, 0) is 0 Å². The fourth-order valence-corrected chi connectivity index (χ4v) is 3.39. The highest BCUT2D eigenvalue weighted by atomic mass is 79.9. The summed E-state index contributed by atoms with van der Waals surface area (Å²) in [5.74, 6) is 0. The molecule has 0 amide bonds. The molecule has 0 aromatic heterocycles. The molecule has 102 valence electrons. The molecule has 0 fully saturated rings. The molecule has 0 heterocycles. The minimum Gasteiger partial charge on any atom is -0.0830 e. The predicted octanol–water partition coefficient (Wildman–Crippen LogP) is 6.25. The summed E-state index contributed by atoms with van der Waals surface area (Å²) in [7, 11) is 0. The first kappa shape index (κ1) is 18.1. The molecule has 0 N–H and O–H groups in total. The van der Waals surface area contributed by atoms with Crippen LogP contribution in [0.2, 0.25) is 0 Å². The molecular weight excluding hydrogens is 624 g/mol. The molecule has 0 radical (unpaired) electrons. The highest BCUT2D eigenvalue weighted by molar-refractivity contribution is 9.13. The molecule has 0 aromatic rings. The van der Waals surface area contributed by atoms with Gasteiger partial charge in [-0.2, -0.15) is 0 Å². The third kappa shape index (κ3) is 6.25. The zero-order chi connectivity index (χ0) is 13.7. The molecule has 0 aliphatic heterocycles. The van der Waals surface area contributed by atoms with E-state index in [9.17, 15) is 0 Å². The van der Waals surface area contributed by atoms with Gasteiger partial charge >= 0.3 is 0 Å². The molecule has 0 aromatic carbocycles. The molecule has 6 unspecified atom stereocenters. The van der Waals surface area contributed by atoms with E-state index in [0.717, 1.165) is 0 Å². The van der Waals surface area contributed by atoms with Crippen molar-refractivity contribution in [1.82, 2.24) is 0 Å². The van der Waals surface area contributed by atoms with Crippen molar-refractivity contribution in [2.45, 2.75) is 29.0 Å². The fraction of sp³-hybridized carbons (Fsp3) is 0.500. The van der Waals surface area contributed by atoms with Gasteiger partial charge in [0.15, 0.2) is 0 Å². The Labute approximate surface area is 159 Å². The van der Waals surface area contributed by atoms with E-state index in [-0.39, 0.29) is 29.0 Å². The van der Waals surface area contributed by atoms with Crippen molar-refractivity contribution in [2.24, 2.45) is 0 Å². The van der Waals surface area contributed by atoms with Gasteiger partial charge in [0.2, 0.25) is 0 Å². The average molecular weight is 636 g/mol. The lowest BCUT2D eigenvalue weighted by Crippen LogP contribution is -2.16. The van der Waals surface area contributed by atoms with Crippen LogP contribution in [0.1, 0.15) is 0 Å². The summed E-state index contributed by atoms with van der Waals surface area (Å²) < 4.78 is 0. The van der Waals surface area contributed by atoms with E-state index in [1.54, 1.807) is 0 Å². The summed E-state index contributed by atoms with van der Waals surface area (Å²) in [6, 6.07) is 0. The van der Waals surface area contributed by atoms with Crippen molar-refractivity contribution in [3.05, 3.63) is 36.5 Å². The second-order valence-corrected chi connectivity index (χ2v) is 10.2. The van der Waals surface area contributed by atoms with Crippen molar-refractivity contribution in [2.75, 3.05) is 0 Å². The summed E-state index contributed by atoms with van der Waals surface area (Å²) in [5.41, 5.74) is 0. The Morgan fingerprint density at radius 1 is 0.333 bits per heavy atom. The van der Waals surface area contributed by atoms with Gasteiger partial charge in [-0.1, -0.05) is 132 Å². The van der Waals surface area contributed by atoms with Crippen LogP contribution < -0.4 is 0 Å². The highest BCUT2D eigenvalue weighted by Crippen LogP contribution is 2.25. The van der Waals surface area contributed by atoms with Crippen LogP contribution in [0, 0.1) is 0 Å². The quantitative estimate of drug-likeness (QED) is 0.218. The number of halogens is 6. The van der Waals surface area contributed by atoms with Crippen molar-refractivity contribution >= 4 is 95.6 Å². The normalized spacial score (nSPS) is 47.7. The number of rotatable bonds is 0. The summed E-state index contributed by atoms with van der Waals surface area (Å²) >= 11 is 22.0. The first-order valence-electron chi connectivity index (χ1n) is 5.31. The molecular formula is C12H12Br6. The molecule has 1 aliphatic carbocycles. The Hall–Kier alpha value is 2.10. The van der Waals surface area contributed by atoms with Crippen molar-refractivity contribution in [3.8, 4) is 0 Å². The topological polar surface area (TPSA) is 0 Å². The van der Waals surface area contributed by atoms with E-state index in [2.05, 4.69) is 132 Å². The van der Waals surface area contributed by atoms with Gasteiger partial charge in [0.1, 0.15) is 0 Å². The fourth-order valence-electron chi connectivity index (χ4n) is 1.27. The van der Waals surface area contributed by atoms with Gasteiger partial charge in [0.25, 0.3) is 0 Å². The third-order valence-corrected chi connectivity index (χ3v) is 9.73. The van der Waals surface area contributed by atoms with Gasteiger partial charge < -0.3 is 0 Å². The maximum atomic E-state index is 3.66. The molecule has 0 saturated carbocycles. The van der Waals surface area contributed by atoms with Crippen LogP contribution >= 0.6 is 95.6 Å². The van der Waals surface area contributed by atoms with E-state index in [1.807, 2.05) is 0 Å². The second-order valence-electron chi connectivity index (χ2n) is 3.82. The van der Waals surface area contributed by atoms with E-state index in [0.29, 0.717) is 0 Å². The predicted molar refractivity (Wildman–Crippen MR) is 104 cm³/mol. The zero-order valence-corrected chi connectivity index (χ0v) is 18.7. The van der Waals surface area contributed by atoms with Gasteiger partial charge in [-0.25, -0.2) is 0 Å². The van der Waals surface area contributed by atoms with E-state index in [4.69, 9.17) is 0 Å². The lowest BCUT2D eigenvalue weighted by molar-refractivity contribution is 1.04.